The first-order valence-electron chi connectivity index (χ1n) is 24.2. The number of phosphoric acid groups is 1. The molecular formula is C47H93O9P. The Balaban J connectivity index is 4.08. The van der Waals surface area contributed by atoms with E-state index >= 15 is 0 Å². The molecule has 57 heavy (non-hydrogen) atoms. The van der Waals surface area contributed by atoms with Crippen LogP contribution in [0.1, 0.15) is 239 Å². The lowest BCUT2D eigenvalue weighted by Gasteiger charge is -2.20. The largest absolute Gasteiger partial charge is 0.472 e. The average molecular weight is 833 g/mol. The van der Waals surface area contributed by atoms with Crippen molar-refractivity contribution in [3.63, 3.8) is 0 Å². The Labute approximate surface area is 351 Å². The fraction of sp³-hybridized carbons (Fsp3) is 0.936. The van der Waals surface area contributed by atoms with Gasteiger partial charge in [0.1, 0.15) is 12.2 Å². The zero-order chi connectivity index (χ0) is 41.8. The summed E-state index contributed by atoms with van der Waals surface area (Å²) >= 11 is 0. The highest BCUT2D eigenvalue weighted by molar-refractivity contribution is 7.47. The maximum atomic E-state index is 12.6. The first-order valence-corrected chi connectivity index (χ1v) is 25.7. The van der Waals surface area contributed by atoms with Crippen molar-refractivity contribution in [2.75, 3.05) is 33.0 Å². The summed E-state index contributed by atoms with van der Waals surface area (Å²) in [5, 5.41) is 18.4. The van der Waals surface area contributed by atoms with E-state index in [0.29, 0.717) is 6.61 Å². The number of hydrogen-bond donors (Lipinski definition) is 3. The monoisotopic (exact) mass is 833 g/mol. The Morgan fingerprint density at radius 3 is 1.32 bits per heavy atom. The summed E-state index contributed by atoms with van der Waals surface area (Å²) < 4.78 is 33.5. The number of allylic oxidation sites excluding steroid dienone is 2. The van der Waals surface area contributed by atoms with E-state index in [2.05, 4.69) is 26.0 Å². The van der Waals surface area contributed by atoms with E-state index in [1.54, 1.807) is 0 Å². The van der Waals surface area contributed by atoms with Gasteiger partial charge in [-0.1, -0.05) is 206 Å². The first kappa shape index (κ1) is 56.2. The Hall–Kier alpha value is -0.800. The summed E-state index contributed by atoms with van der Waals surface area (Å²) in [7, 11) is -4.52. The van der Waals surface area contributed by atoms with E-state index in [9.17, 15) is 19.4 Å². The molecule has 3 N–H and O–H groups in total. The highest BCUT2D eigenvalue weighted by Gasteiger charge is 2.26. The highest BCUT2D eigenvalue weighted by atomic mass is 31.2. The lowest BCUT2D eigenvalue weighted by molar-refractivity contribution is -0.154. The third-order valence-corrected chi connectivity index (χ3v) is 11.7. The molecule has 0 spiro atoms. The van der Waals surface area contributed by atoms with Gasteiger partial charge in [-0.3, -0.25) is 13.8 Å². The van der Waals surface area contributed by atoms with Crippen LogP contribution in [0.4, 0.5) is 0 Å². The quantitative estimate of drug-likeness (QED) is 0.0237. The van der Waals surface area contributed by atoms with Crippen molar-refractivity contribution in [3.05, 3.63) is 12.2 Å². The summed E-state index contributed by atoms with van der Waals surface area (Å²) in [6.07, 6.45) is 46.0. The molecule has 0 saturated carbocycles. The summed E-state index contributed by atoms with van der Waals surface area (Å²) in [5.74, 6) is -0.381. The Morgan fingerprint density at radius 1 is 0.526 bits per heavy atom. The Kier molecular flexibility index (Phi) is 44.1. The van der Waals surface area contributed by atoms with Crippen molar-refractivity contribution >= 4 is 13.8 Å². The van der Waals surface area contributed by atoms with Gasteiger partial charge >= 0.3 is 13.8 Å². The standard InChI is InChI=1S/C47H93O9P/c1-3-5-7-9-11-13-15-17-19-21-23-25-27-29-31-33-35-37-39-47(50)56-46(44-55-57(51,52)54-42-45(49)41-48)43-53-40-38-36-34-32-30-28-26-24-22-20-18-16-14-12-10-8-6-4-2/h19,21,45-46,48-49H,3-18,20,22-44H2,1-2H3,(H,51,52)/b21-19-. The van der Waals surface area contributed by atoms with Crippen LogP contribution >= 0.6 is 7.82 Å². The maximum Gasteiger partial charge on any atom is 0.472 e. The summed E-state index contributed by atoms with van der Waals surface area (Å²) in [4.78, 5) is 22.6. The van der Waals surface area contributed by atoms with E-state index in [1.165, 1.54) is 180 Å². The molecule has 0 aliphatic carbocycles. The second-order valence-corrected chi connectivity index (χ2v) is 17.9. The second kappa shape index (κ2) is 44.7. The number of esters is 1. The minimum atomic E-state index is -4.52. The summed E-state index contributed by atoms with van der Waals surface area (Å²) in [5.41, 5.74) is 0. The van der Waals surface area contributed by atoms with Gasteiger partial charge in [0.05, 0.1) is 26.4 Å². The first-order chi connectivity index (χ1) is 27.8. The van der Waals surface area contributed by atoms with Crippen LogP contribution in [0.5, 0.6) is 0 Å². The van der Waals surface area contributed by atoms with E-state index in [0.717, 1.165) is 38.5 Å². The smallest absolute Gasteiger partial charge is 0.457 e. The van der Waals surface area contributed by atoms with Gasteiger partial charge in [0.15, 0.2) is 0 Å². The lowest BCUT2D eigenvalue weighted by Crippen LogP contribution is -2.29. The van der Waals surface area contributed by atoms with E-state index in [1.807, 2.05) is 0 Å². The molecule has 0 fully saturated rings. The van der Waals surface area contributed by atoms with Crippen molar-refractivity contribution < 1.29 is 43.0 Å². The van der Waals surface area contributed by atoms with Crippen LogP contribution in [0.2, 0.25) is 0 Å². The second-order valence-electron chi connectivity index (χ2n) is 16.5. The van der Waals surface area contributed by atoms with Crippen LogP contribution in [0.25, 0.3) is 0 Å². The van der Waals surface area contributed by atoms with Gasteiger partial charge in [-0.2, -0.15) is 0 Å². The molecule has 0 aromatic rings. The molecule has 9 nitrogen and oxygen atoms in total. The zero-order valence-electron chi connectivity index (χ0n) is 37.3. The molecule has 0 aliphatic heterocycles. The molecule has 0 aromatic carbocycles. The number of carbonyl (C=O) groups excluding carboxylic acids is 1. The molecular weight excluding hydrogens is 739 g/mol. The van der Waals surface area contributed by atoms with Gasteiger partial charge in [0, 0.05) is 13.0 Å². The van der Waals surface area contributed by atoms with Crippen LogP contribution in [-0.2, 0) is 27.9 Å². The molecule has 0 bridgehead atoms. The van der Waals surface area contributed by atoms with Crippen molar-refractivity contribution in [1.82, 2.24) is 0 Å². The minimum absolute atomic E-state index is 0.0538. The lowest BCUT2D eigenvalue weighted by atomic mass is 10.0. The minimum Gasteiger partial charge on any atom is -0.457 e. The van der Waals surface area contributed by atoms with Crippen LogP contribution in [-0.4, -0.2) is 66.3 Å². The van der Waals surface area contributed by atoms with E-state index < -0.39 is 33.2 Å². The number of aliphatic hydroxyl groups is 2. The Bertz CT molecular complexity index is 902. The van der Waals surface area contributed by atoms with Gasteiger partial charge < -0.3 is 24.6 Å². The zero-order valence-corrected chi connectivity index (χ0v) is 38.2. The third-order valence-electron chi connectivity index (χ3n) is 10.7. The normalized spacial score (nSPS) is 14.0. The maximum absolute atomic E-state index is 12.6. The molecule has 0 aliphatic rings. The molecule has 0 saturated heterocycles. The molecule has 0 aromatic heterocycles. The number of ether oxygens (including phenoxy) is 2. The van der Waals surface area contributed by atoms with Gasteiger partial charge in [0.2, 0.25) is 0 Å². The molecule has 10 heteroatoms. The summed E-state index contributed by atoms with van der Waals surface area (Å²) in [6, 6.07) is 0. The third kappa shape index (κ3) is 44.6. The van der Waals surface area contributed by atoms with Crippen LogP contribution in [0.15, 0.2) is 12.2 Å². The van der Waals surface area contributed by atoms with Gasteiger partial charge in [0.25, 0.3) is 0 Å². The number of aliphatic hydroxyl groups excluding tert-OH is 2. The number of unbranched alkanes of at least 4 members (excludes halogenated alkanes) is 31. The van der Waals surface area contributed by atoms with Gasteiger partial charge in [-0.05, 0) is 38.5 Å². The predicted octanol–water partition coefficient (Wildman–Crippen LogP) is 13.7. The summed E-state index contributed by atoms with van der Waals surface area (Å²) in [6.45, 7) is 3.57. The molecule has 0 rings (SSSR count). The SMILES string of the molecule is CCCCCCCCC/C=C\CCCCCCCCCC(=O)OC(COCCCCCCCCCCCCCCCCCCCC)COP(=O)(O)OCC(O)CO. The average Bonchev–Trinajstić information content (AvgIpc) is 3.20. The number of rotatable bonds is 47. The van der Waals surface area contributed by atoms with E-state index in [4.69, 9.17) is 23.6 Å². The van der Waals surface area contributed by atoms with Crippen molar-refractivity contribution in [2.45, 2.75) is 251 Å². The van der Waals surface area contributed by atoms with E-state index in [-0.39, 0.29) is 25.6 Å². The van der Waals surface area contributed by atoms with Gasteiger partial charge in [-0.25, -0.2) is 4.57 Å². The fourth-order valence-corrected chi connectivity index (χ4v) is 7.79. The van der Waals surface area contributed by atoms with Crippen LogP contribution in [0, 0.1) is 0 Å². The number of phosphoric ester groups is 1. The molecule has 0 radical (unpaired) electrons. The van der Waals surface area contributed by atoms with Crippen molar-refractivity contribution in [1.29, 1.82) is 0 Å². The Morgan fingerprint density at radius 2 is 0.895 bits per heavy atom. The number of hydrogen-bond acceptors (Lipinski definition) is 8. The fourth-order valence-electron chi connectivity index (χ4n) is 7.00. The molecule has 340 valence electrons. The molecule has 3 unspecified atom stereocenters. The topological polar surface area (TPSA) is 132 Å². The highest BCUT2D eigenvalue weighted by Crippen LogP contribution is 2.43. The molecule has 0 amide bonds. The van der Waals surface area contributed by atoms with Crippen LogP contribution in [0.3, 0.4) is 0 Å². The molecule has 3 atom stereocenters. The molecule has 0 heterocycles. The van der Waals surface area contributed by atoms with Crippen molar-refractivity contribution in [3.8, 4) is 0 Å². The number of carbonyl (C=O) groups is 1. The van der Waals surface area contributed by atoms with Crippen LogP contribution < -0.4 is 0 Å². The van der Waals surface area contributed by atoms with Gasteiger partial charge in [-0.15, -0.1) is 0 Å². The predicted molar refractivity (Wildman–Crippen MR) is 238 cm³/mol. The van der Waals surface area contributed by atoms with Crippen molar-refractivity contribution in [2.24, 2.45) is 0 Å².